The molecule has 1 heterocycles. The second-order valence-electron chi connectivity index (χ2n) is 2.89. The van der Waals surface area contributed by atoms with Crippen molar-refractivity contribution >= 4 is 5.97 Å². The first-order chi connectivity index (χ1) is 7.18. The zero-order chi connectivity index (χ0) is 10.8. The Morgan fingerprint density at radius 1 is 1.33 bits per heavy atom. The molecule has 0 aliphatic carbocycles. The van der Waals surface area contributed by atoms with E-state index >= 15 is 0 Å². The van der Waals surface area contributed by atoms with Gasteiger partial charge in [0.1, 0.15) is 0 Å². The lowest BCUT2D eigenvalue weighted by atomic mass is 10.3. The summed E-state index contributed by atoms with van der Waals surface area (Å²) >= 11 is 0. The molecule has 0 saturated heterocycles. The van der Waals surface area contributed by atoms with Crippen LogP contribution in [0.25, 0.3) is 5.69 Å². The van der Waals surface area contributed by atoms with Crippen LogP contribution in [0.2, 0.25) is 0 Å². The Hall–Kier alpha value is -2.30. The number of benzene rings is 1. The molecule has 5 nitrogen and oxygen atoms in total. The number of nitrogens with zero attached hydrogens (tertiary/aromatic N) is 1. The molecule has 1 aromatic carbocycles. The first-order valence-corrected chi connectivity index (χ1v) is 4.21. The number of carboxylic acids is 1. The van der Waals surface area contributed by atoms with Crippen LogP contribution >= 0.6 is 0 Å². The topological polar surface area (TPSA) is 75.1 Å². The van der Waals surface area contributed by atoms with E-state index in [0.717, 1.165) is 4.68 Å². The SMILES string of the molecule is O=C(O)c1[c]c(=O)n(-c2ccccc2)[nH]1. The molecule has 2 aromatic rings. The Bertz CT molecular complexity index is 539. The number of aromatic carboxylic acids is 1. The average Bonchev–Trinajstić information content (AvgIpc) is 2.62. The fourth-order valence-corrected chi connectivity index (χ4v) is 1.21. The molecule has 1 radical (unpaired) electrons. The number of H-pyrrole nitrogens is 1. The number of carboxylic acid groups (broad SMARTS) is 1. The predicted molar refractivity (Wildman–Crippen MR) is 52.2 cm³/mol. The maximum Gasteiger partial charge on any atom is 0.354 e. The fraction of sp³-hybridized carbons (Fsp3) is 0. The summed E-state index contributed by atoms with van der Waals surface area (Å²) in [5.41, 5.74) is -0.186. The maximum atomic E-state index is 11.4. The maximum absolute atomic E-state index is 11.4. The van der Waals surface area contributed by atoms with Gasteiger partial charge in [-0.1, -0.05) is 18.2 Å². The standard InChI is InChI=1S/C10H7N2O3/c13-9-6-8(10(14)15)11-12(9)7-4-2-1-3-5-7/h1-5,11H,(H,14,15). The highest BCUT2D eigenvalue weighted by atomic mass is 16.4. The van der Waals surface area contributed by atoms with Crippen LogP contribution < -0.4 is 5.56 Å². The molecule has 0 aliphatic heterocycles. The molecule has 0 amide bonds. The quantitative estimate of drug-likeness (QED) is 0.753. The largest absolute Gasteiger partial charge is 0.477 e. The molecule has 0 spiro atoms. The van der Waals surface area contributed by atoms with E-state index in [9.17, 15) is 9.59 Å². The first-order valence-electron chi connectivity index (χ1n) is 4.21. The van der Waals surface area contributed by atoms with Gasteiger partial charge in [0.25, 0.3) is 5.56 Å². The van der Waals surface area contributed by atoms with Gasteiger partial charge in [0.05, 0.1) is 11.8 Å². The summed E-state index contributed by atoms with van der Waals surface area (Å²) in [6.45, 7) is 0. The van der Waals surface area contributed by atoms with Crippen LogP contribution in [-0.2, 0) is 0 Å². The molecule has 0 saturated carbocycles. The molecule has 0 aliphatic rings. The van der Waals surface area contributed by atoms with Crippen molar-refractivity contribution in [2.75, 3.05) is 0 Å². The van der Waals surface area contributed by atoms with Crippen molar-refractivity contribution in [1.82, 2.24) is 9.78 Å². The van der Waals surface area contributed by atoms with E-state index in [4.69, 9.17) is 5.11 Å². The van der Waals surface area contributed by atoms with E-state index in [1.165, 1.54) is 0 Å². The van der Waals surface area contributed by atoms with Gasteiger partial charge >= 0.3 is 5.97 Å². The molecule has 1 aromatic heterocycles. The number of aromatic amines is 1. The monoisotopic (exact) mass is 203 g/mol. The van der Waals surface area contributed by atoms with E-state index in [1.807, 2.05) is 0 Å². The number of nitrogens with one attached hydrogen (secondary N) is 1. The third-order valence-electron chi connectivity index (χ3n) is 1.89. The van der Waals surface area contributed by atoms with Crippen molar-refractivity contribution in [3.05, 3.63) is 52.4 Å². The van der Waals surface area contributed by atoms with Crippen LogP contribution in [0.15, 0.2) is 35.1 Å². The third kappa shape index (κ3) is 1.67. The van der Waals surface area contributed by atoms with Crippen LogP contribution in [0.4, 0.5) is 0 Å². The van der Waals surface area contributed by atoms with Crippen molar-refractivity contribution in [2.45, 2.75) is 0 Å². The molecule has 2 N–H and O–H groups in total. The minimum Gasteiger partial charge on any atom is -0.477 e. The lowest BCUT2D eigenvalue weighted by molar-refractivity contribution is 0.0689. The summed E-state index contributed by atoms with van der Waals surface area (Å²) < 4.78 is 1.13. The highest BCUT2D eigenvalue weighted by Crippen LogP contribution is 2.02. The predicted octanol–water partition coefficient (Wildman–Crippen LogP) is 0.664. The summed E-state index contributed by atoms with van der Waals surface area (Å²) in [5.74, 6) is -1.21. The molecule has 0 fully saturated rings. The van der Waals surface area contributed by atoms with Crippen molar-refractivity contribution in [3.63, 3.8) is 0 Å². The zero-order valence-corrected chi connectivity index (χ0v) is 7.60. The van der Waals surface area contributed by atoms with Crippen molar-refractivity contribution < 1.29 is 9.90 Å². The van der Waals surface area contributed by atoms with E-state index in [0.29, 0.717) is 5.69 Å². The van der Waals surface area contributed by atoms with Gasteiger partial charge in [0.15, 0.2) is 5.69 Å². The minimum absolute atomic E-state index is 0.246. The highest BCUT2D eigenvalue weighted by Gasteiger charge is 2.10. The van der Waals surface area contributed by atoms with E-state index in [1.54, 1.807) is 30.3 Å². The zero-order valence-electron chi connectivity index (χ0n) is 7.60. The van der Waals surface area contributed by atoms with Crippen LogP contribution in [0.3, 0.4) is 0 Å². The Morgan fingerprint density at radius 3 is 2.53 bits per heavy atom. The molecule has 0 bridgehead atoms. The van der Waals surface area contributed by atoms with E-state index in [2.05, 4.69) is 11.2 Å². The number of hydrogen-bond acceptors (Lipinski definition) is 2. The molecule has 5 heteroatoms. The number of para-hydroxylation sites is 1. The summed E-state index contributed by atoms with van der Waals surface area (Å²) in [6.07, 6.45) is 0. The van der Waals surface area contributed by atoms with Crippen molar-refractivity contribution in [3.8, 4) is 5.69 Å². The second-order valence-corrected chi connectivity index (χ2v) is 2.89. The van der Waals surface area contributed by atoms with E-state index in [-0.39, 0.29) is 5.69 Å². The molecular formula is C10H7N2O3. The Kier molecular flexibility index (Phi) is 2.13. The van der Waals surface area contributed by atoms with Gasteiger partial charge in [-0.15, -0.1) is 0 Å². The fourth-order valence-electron chi connectivity index (χ4n) is 1.21. The molecular weight excluding hydrogens is 196 g/mol. The summed E-state index contributed by atoms with van der Waals surface area (Å²) in [4.78, 5) is 21.9. The van der Waals surface area contributed by atoms with Gasteiger partial charge in [-0.25, -0.2) is 9.48 Å². The average molecular weight is 203 g/mol. The van der Waals surface area contributed by atoms with Crippen molar-refractivity contribution in [2.24, 2.45) is 0 Å². The molecule has 0 atom stereocenters. The summed E-state index contributed by atoms with van der Waals surface area (Å²) in [7, 11) is 0. The van der Waals surface area contributed by atoms with Gasteiger partial charge in [0.2, 0.25) is 0 Å². The molecule has 15 heavy (non-hydrogen) atoms. The molecule has 2 rings (SSSR count). The molecule has 0 unspecified atom stereocenters. The number of aromatic nitrogens is 2. The van der Waals surface area contributed by atoms with Gasteiger partial charge in [0, 0.05) is 0 Å². The second kappa shape index (κ2) is 3.45. The van der Waals surface area contributed by atoms with Gasteiger partial charge in [-0.3, -0.25) is 9.89 Å². The summed E-state index contributed by atoms with van der Waals surface area (Å²) in [5, 5.41) is 11.1. The Balaban J connectivity index is 2.55. The Morgan fingerprint density at radius 2 is 2.00 bits per heavy atom. The van der Waals surface area contributed by atoms with E-state index < -0.39 is 11.5 Å². The Labute approximate surface area is 84.6 Å². The normalized spacial score (nSPS) is 10.1. The van der Waals surface area contributed by atoms with Gasteiger partial charge in [-0.05, 0) is 12.1 Å². The summed E-state index contributed by atoms with van der Waals surface area (Å²) in [6, 6.07) is 10.9. The highest BCUT2D eigenvalue weighted by molar-refractivity contribution is 5.84. The van der Waals surface area contributed by atoms with Crippen LogP contribution in [0, 0.1) is 6.07 Å². The number of carbonyl (C=O) groups is 1. The van der Waals surface area contributed by atoms with Crippen LogP contribution in [-0.4, -0.2) is 20.9 Å². The number of rotatable bonds is 2. The van der Waals surface area contributed by atoms with Crippen molar-refractivity contribution in [1.29, 1.82) is 0 Å². The van der Waals surface area contributed by atoms with Gasteiger partial charge in [-0.2, -0.15) is 0 Å². The first kappa shape index (κ1) is 9.26. The lowest BCUT2D eigenvalue weighted by Gasteiger charge is -1.99. The van der Waals surface area contributed by atoms with Crippen LogP contribution in [0.1, 0.15) is 10.5 Å². The smallest absolute Gasteiger partial charge is 0.354 e. The minimum atomic E-state index is -1.21. The van der Waals surface area contributed by atoms with Gasteiger partial charge < -0.3 is 5.11 Å². The lowest BCUT2D eigenvalue weighted by Crippen LogP contribution is -2.13. The molecule has 75 valence electrons. The third-order valence-corrected chi connectivity index (χ3v) is 1.89. The van der Waals surface area contributed by atoms with Crippen LogP contribution in [0.5, 0.6) is 0 Å². The number of hydrogen-bond donors (Lipinski definition) is 2.